The number of halogens is 1. The van der Waals surface area contributed by atoms with E-state index < -0.39 is 6.04 Å². The summed E-state index contributed by atoms with van der Waals surface area (Å²) in [5.74, 6) is -0.372. The first-order valence-electron chi connectivity index (χ1n) is 13.0. The maximum absolute atomic E-state index is 14.2. The number of benzene rings is 4. The molecule has 0 aliphatic rings. The van der Waals surface area contributed by atoms with E-state index in [-0.39, 0.29) is 24.2 Å². The maximum Gasteiger partial charge on any atom is 0.243 e. The fourth-order valence-electron chi connectivity index (χ4n) is 4.72. The van der Waals surface area contributed by atoms with Crippen molar-refractivity contribution in [1.29, 1.82) is 0 Å². The van der Waals surface area contributed by atoms with Gasteiger partial charge in [0.15, 0.2) is 0 Å². The molecule has 5 heteroatoms. The zero-order valence-corrected chi connectivity index (χ0v) is 22.4. The first-order valence-corrected chi connectivity index (χ1v) is 13.4. The van der Waals surface area contributed by atoms with Crippen molar-refractivity contribution in [3.8, 4) is 0 Å². The Morgan fingerprint density at radius 1 is 0.737 bits per heavy atom. The SMILES string of the molecule is CCNC(=O)[C@@H](Cc1ccccc1)N(Cc1ccc(Cl)cc1)C(=O)CC(c1ccccc1)c1ccccc1. The van der Waals surface area contributed by atoms with Crippen molar-refractivity contribution in [2.75, 3.05) is 6.54 Å². The summed E-state index contributed by atoms with van der Waals surface area (Å²) in [6.07, 6.45) is 0.666. The second-order valence-corrected chi connectivity index (χ2v) is 9.76. The first-order chi connectivity index (χ1) is 18.5. The van der Waals surface area contributed by atoms with Gasteiger partial charge in [0.2, 0.25) is 11.8 Å². The van der Waals surface area contributed by atoms with Crippen LogP contribution in [0.15, 0.2) is 115 Å². The van der Waals surface area contributed by atoms with Gasteiger partial charge in [0.05, 0.1) is 0 Å². The summed E-state index contributed by atoms with van der Waals surface area (Å²) in [4.78, 5) is 29.4. The van der Waals surface area contributed by atoms with Crippen LogP contribution in [0.25, 0.3) is 0 Å². The maximum atomic E-state index is 14.2. The van der Waals surface area contributed by atoms with Gasteiger partial charge in [0.1, 0.15) is 6.04 Å². The van der Waals surface area contributed by atoms with E-state index in [1.807, 2.05) is 97.9 Å². The van der Waals surface area contributed by atoms with Gasteiger partial charge in [-0.3, -0.25) is 9.59 Å². The van der Waals surface area contributed by atoms with Crippen molar-refractivity contribution >= 4 is 23.4 Å². The molecular formula is C33H33ClN2O2. The number of nitrogens with one attached hydrogen (secondary N) is 1. The zero-order chi connectivity index (χ0) is 26.7. The molecule has 2 amide bonds. The minimum Gasteiger partial charge on any atom is -0.355 e. The minimum atomic E-state index is -0.660. The van der Waals surface area contributed by atoms with Gasteiger partial charge in [-0.05, 0) is 41.3 Å². The monoisotopic (exact) mass is 524 g/mol. The molecule has 0 radical (unpaired) electrons. The minimum absolute atomic E-state index is 0.0789. The highest BCUT2D eigenvalue weighted by Crippen LogP contribution is 2.30. The highest BCUT2D eigenvalue weighted by molar-refractivity contribution is 6.30. The second kappa shape index (κ2) is 13.6. The number of amides is 2. The van der Waals surface area contributed by atoms with E-state index >= 15 is 0 Å². The molecule has 0 aliphatic heterocycles. The van der Waals surface area contributed by atoms with Gasteiger partial charge < -0.3 is 10.2 Å². The summed E-state index contributed by atoms with van der Waals surface area (Å²) >= 11 is 6.13. The van der Waals surface area contributed by atoms with E-state index in [1.165, 1.54) is 0 Å². The molecule has 0 spiro atoms. The van der Waals surface area contributed by atoms with Gasteiger partial charge in [-0.1, -0.05) is 115 Å². The lowest BCUT2D eigenvalue weighted by Crippen LogP contribution is -2.50. The van der Waals surface area contributed by atoms with Gasteiger partial charge in [-0.15, -0.1) is 0 Å². The Bertz CT molecular complexity index is 1260. The van der Waals surface area contributed by atoms with Crippen LogP contribution in [0, 0.1) is 0 Å². The average Bonchev–Trinajstić information content (AvgIpc) is 2.96. The third-order valence-electron chi connectivity index (χ3n) is 6.67. The van der Waals surface area contributed by atoms with Crippen molar-refractivity contribution in [2.45, 2.75) is 38.3 Å². The number of hydrogen-bond acceptors (Lipinski definition) is 2. The molecule has 0 bridgehead atoms. The van der Waals surface area contributed by atoms with Crippen LogP contribution in [-0.2, 0) is 22.6 Å². The fourth-order valence-corrected chi connectivity index (χ4v) is 4.85. The second-order valence-electron chi connectivity index (χ2n) is 9.33. The number of hydrogen-bond donors (Lipinski definition) is 1. The molecule has 4 rings (SSSR count). The Labute approximate surface area is 230 Å². The van der Waals surface area contributed by atoms with Crippen LogP contribution in [0.1, 0.15) is 41.5 Å². The van der Waals surface area contributed by atoms with Crippen LogP contribution in [-0.4, -0.2) is 29.3 Å². The molecule has 1 N–H and O–H groups in total. The van der Waals surface area contributed by atoms with E-state index in [0.717, 1.165) is 22.3 Å². The number of carbonyl (C=O) groups is 2. The molecule has 194 valence electrons. The highest BCUT2D eigenvalue weighted by Gasteiger charge is 2.32. The predicted molar refractivity (Wildman–Crippen MR) is 154 cm³/mol. The highest BCUT2D eigenvalue weighted by atomic mass is 35.5. The van der Waals surface area contributed by atoms with Crippen molar-refractivity contribution in [2.24, 2.45) is 0 Å². The zero-order valence-electron chi connectivity index (χ0n) is 21.6. The van der Waals surface area contributed by atoms with Crippen molar-refractivity contribution in [3.05, 3.63) is 143 Å². The van der Waals surface area contributed by atoms with Gasteiger partial charge in [0.25, 0.3) is 0 Å². The summed E-state index contributed by atoms with van der Waals surface area (Å²) in [7, 11) is 0. The van der Waals surface area contributed by atoms with Gasteiger partial charge >= 0.3 is 0 Å². The summed E-state index contributed by atoms with van der Waals surface area (Å²) in [6.45, 7) is 2.69. The molecule has 4 nitrogen and oxygen atoms in total. The average molecular weight is 525 g/mol. The van der Waals surface area contributed by atoms with Crippen molar-refractivity contribution in [3.63, 3.8) is 0 Å². The molecule has 4 aromatic rings. The van der Waals surface area contributed by atoms with Crippen LogP contribution in [0.2, 0.25) is 5.02 Å². The lowest BCUT2D eigenvalue weighted by Gasteiger charge is -2.33. The lowest BCUT2D eigenvalue weighted by atomic mass is 9.87. The third kappa shape index (κ3) is 7.33. The van der Waals surface area contributed by atoms with Crippen LogP contribution in [0.5, 0.6) is 0 Å². The van der Waals surface area contributed by atoms with E-state index in [2.05, 4.69) is 29.6 Å². The van der Waals surface area contributed by atoms with Crippen molar-refractivity contribution in [1.82, 2.24) is 10.2 Å². The first kappa shape index (κ1) is 27.2. The molecule has 0 saturated carbocycles. The lowest BCUT2D eigenvalue weighted by molar-refractivity contribution is -0.141. The van der Waals surface area contributed by atoms with Crippen LogP contribution in [0.4, 0.5) is 0 Å². The molecular weight excluding hydrogens is 492 g/mol. The largest absolute Gasteiger partial charge is 0.355 e. The Morgan fingerprint density at radius 2 is 1.26 bits per heavy atom. The van der Waals surface area contributed by atoms with E-state index in [4.69, 9.17) is 11.6 Å². The number of carbonyl (C=O) groups excluding carboxylic acids is 2. The fraction of sp³-hybridized carbons (Fsp3) is 0.212. The normalized spacial score (nSPS) is 11.7. The van der Waals surface area contributed by atoms with Gasteiger partial charge in [-0.2, -0.15) is 0 Å². The Hall–Kier alpha value is -3.89. The van der Waals surface area contributed by atoms with Crippen molar-refractivity contribution < 1.29 is 9.59 Å². The molecule has 4 aromatic carbocycles. The standard InChI is InChI=1S/C33H33ClN2O2/c1-2-35-33(38)31(22-25-12-6-3-7-13-25)36(24-26-18-20-29(34)21-19-26)32(37)23-30(27-14-8-4-9-15-27)28-16-10-5-11-17-28/h3-21,30-31H,2,22-24H2,1H3,(H,35,38)/t31-/m1/s1. The number of likely N-dealkylation sites (N-methyl/N-ethyl adjacent to an activating group) is 1. The Kier molecular flexibility index (Phi) is 9.71. The van der Waals surface area contributed by atoms with Gasteiger partial charge in [-0.25, -0.2) is 0 Å². The van der Waals surface area contributed by atoms with Crippen LogP contribution < -0.4 is 5.32 Å². The number of nitrogens with zero attached hydrogens (tertiary/aromatic N) is 1. The molecule has 0 saturated heterocycles. The van der Waals surface area contributed by atoms with E-state index in [0.29, 0.717) is 24.5 Å². The summed E-state index contributed by atoms with van der Waals surface area (Å²) < 4.78 is 0. The quantitative estimate of drug-likeness (QED) is 0.239. The number of rotatable bonds is 11. The molecule has 0 fully saturated rings. The Morgan fingerprint density at radius 3 is 1.79 bits per heavy atom. The summed E-state index contributed by atoms with van der Waals surface area (Å²) in [5, 5.41) is 3.59. The van der Waals surface area contributed by atoms with E-state index in [1.54, 1.807) is 4.90 Å². The van der Waals surface area contributed by atoms with Gasteiger partial charge in [0, 0.05) is 36.9 Å². The molecule has 1 atom stereocenters. The smallest absolute Gasteiger partial charge is 0.243 e. The van der Waals surface area contributed by atoms with Crippen LogP contribution in [0.3, 0.4) is 0 Å². The third-order valence-corrected chi connectivity index (χ3v) is 6.92. The summed E-state index contributed by atoms with van der Waals surface area (Å²) in [5.41, 5.74) is 4.05. The van der Waals surface area contributed by atoms with Crippen LogP contribution >= 0.6 is 11.6 Å². The predicted octanol–water partition coefficient (Wildman–Crippen LogP) is 6.64. The summed E-state index contributed by atoms with van der Waals surface area (Å²) in [6, 6.07) is 36.8. The molecule has 0 aliphatic carbocycles. The molecule has 0 aromatic heterocycles. The molecule has 38 heavy (non-hydrogen) atoms. The molecule has 0 heterocycles. The topological polar surface area (TPSA) is 49.4 Å². The van der Waals surface area contributed by atoms with E-state index in [9.17, 15) is 9.59 Å². The molecule has 0 unspecified atom stereocenters. The Balaban J connectivity index is 1.71.